The summed E-state index contributed by atoms with van der Waals surface area (Å²) < 4.78 is 11.2. The molecule has 0 aliphatic carbocycles. The topological polar surface area (TPSA) is 73.6 Å². The van der Waals surface area contributed by atoms with Crippen LogP contribution in [-0.4, -0.2) is 31.7 Å². The first-order valence-electron chi connectivity index (χ1n) is 7.63. The summed E-state index contributed by atoms with van der Waals surface area (Å²) in [5, 5.41) is 3.16. The normalized spacial score (nSPS) is 11.9. The maximum absolute atomic E-state index is 12.2. The van der Waals surface area contributed by atoms with Crippen molar-refractivity contribution >= 4 is 17.5 Å². The quantitative estimate of drug-likeness (QED) is 0.683. The number of nitrogens with two attached hydrogens (primary N) is 1. The monoisotopic (exact) mass is 328 g/mol. The van der Waals surface area contributed by atoms with E-state index in [9.17, 15) is 4.79 Å². The SMILES string of the molecule is CCCCOc1c(Cl)cc(C(=O)N[C@@H](C)CN)cc1OCC. The highest BCUT2D eigenvalue weighted by Crippen LogP contribution is 2.36. The van der Waals surface area contributed by atoms with E-state index in [0.29, 0.717) is 41.8 Å². The lowest BCUT2D eigenvalue weighted by molar-refractivity contribution is 0.0940. The van der Waals surface area contributed by atoms with Crippen molar-refractivity contribution in [2.24, 2.45) is 5.73 Å². The lowest BCUT2D eigenvalue weighted by Crippen LogP contribution is -2.37. The lowest BCUT2D eigenvalue weighted by atomic mass is 10.1. The minimum absolute atomic E-state index is 0.109. The van der Waals surface area contributed by atoms with Crippen LogP contribution in [0.3, 0.4) is 0 Å². The molecule has 0 aromatic heterocycles. The first kappa shape index (κ1) is 18.6. The Hall–Kier alpha value is -1.46. The van der Waals surface area contributed by atoms with Crippen molar-refractivity contribution in [2.75, 3.05) is 19.8 Å². The standard InChI is InChI=1S/C16H25ClN2O3/c1-4-6-7-22-15-13(17)8-12(9-14(15)21-5-2)16(20)19-11(3)10-18/h8-9,11H,4-7,10,18H2,1-3H3,(H,19,20)/t11-/m0/s1. The van der Waals surface area contributed by atoms with Crippen LogP contribution >= 0.6 is 11.6 Å². The number of ether oxygens (including phenoxy) is 2. The van der Waals surface area contributed by atoms with Crippen LogP contribution in [0.5, 0.6) is 11.5 Å². The molecule has 0 unspecified atom stereocenters. The fourth-order valence-corrected chi connectivity index (χ4v) is 2.05. The predicted octanol–water partition coefficient (Wildman–Crippen LogP) is 2.99. The van der Waals surface area contributed by atoms with Gasteiger partial charge >= 0.3 is 0 Å². The first-order chi connectivity index (χ1) is 10.5. The van der Waals surface area contributed by atoms with Crippen LogP contribution in [0.25, 0.3) is 0 Å². The Morgan fingerprint density at radius 3 is 2.68 bits per heavy atom. The molecule has 5 nitrogen and oxygen atoms in total. The van der Waals surface area contributed by atoms with E-state index in [1.807, 2.05) is 13.8 Å². The van der Waals surface area contributed by atoms with E-state index in [1.165, 1.54) is 0 Å². The van der Waals surface area contributed by atoms with Crippen molar-refractivity contribution in [2.45, 2.75) is 39.7 Å². The predicted molar refractivity (Wildman–Crippen MR) is 89.0 cm³/mol. The van der Waals surface area contributed by atoms with E-state index in [1.54, 1.807) is 12.1 Å². The number of hydrogen-bond donors (Lipinski definition) is 2. The molecule has 0 radical (unpaired) electrons. The fourth-order valence-electron chi connectivity index (χ4n) is 1.79. The summed E-state index contributed by atoms with van der Waals surface area (Å²) in [6.45, 7) is 7.19. The van der Waals surface area contributed by atoms with Gasteiger partial charge in [-0.25, -0.2) is 0 Å². The molecule has 0 spiro atoms. The molecule has 1 aromatic rings. The van der Waals surface area contributed by atoms with Crippen LogP contribution in [0, 0.1) is 0 Å². The number of carbonyl (C=O) groups excluding carboxylic acids is 1. The largest absolute Gasteiger partial charge is 0.490 e. The molecule has 3 N–H and O–H groups in total. The Morgan fingerprint density at radius 2 is 2.09 bits per heavy atom. The highest BCUT2D eigenvalue weighted by atomic mass is 35.5. The maximum Gasteiger partial charge on any atom is 0.251 e. The second-order valence-corrected chi connectivity index (χ2v) is 5.44. The summed E-state index contributed by atoms with van der Waals surface area (Å²) in [5.74, 6) is 0.734. The number of unbranched alkanes of at least 4 members (excludes halogenated alkanes) is 1. The van der Waals surface area contributed by atoms with Gasteiger partial charge in [0.25, 0.3) is 5.91 Å². The second-order valence-electron chi connectivity index (χ2n) is 5.03. The van der Waals surface area contributed by atoms with Crippen molar-refractivity contribution in [3.05, 3.63) is 22.7 Å². The number of carbonyl (C=O) groups is 1. The third-order valence-corrected chi connectivity index (χ3v) is 3.33. The molecule has 1 atom stereocenters. The molecule has 1 amide bonds. The number of rotatable bonds is 9. The van der Waals surface area contributed by atoms with Gasteiger partial charge < -0.3 is 20.5 Å². The van der Waals surface area contributed by atoms with Crippen LogP contribution in [0.4, 0.5) is 0 Å². The summed E-state index contributed by atoms with van der Waals surface area (Å²) in [4.78, 5) is 12.2. The van der Waals surface area contributed by atoms with Gasteiger partial charge in [0.05, 0.1) is 18.2 Å². The molecule has 0 fully saturated rings. The zero-order valence-electron chi connectivity index (χ0n) is 13.4. The molecule has 0 saturated carbocycles. The van der Waals surface area contributed by atoms with Crippen LogP contribution < -0.4 is 20.5 Å². The third kappa shape index (κ3) is 5.39. The average Bonchev–Trinajstić information content (AvgIpc) is 2.49. The summed E-state index contributed by atoms with van der Waals surface area (Å²) in [7, 11) is 0. The third-order valence-electron chi connectivity index (χ3n) is 3.05. The summed E-state index contributed by atoms with van der Waals surface area (Å²) in [5.41, 5.74) is 5.94. The van der Waals surface area contributed by atoms with Crippen molar-refractivity contribution in [3.8, 4) is 11.5 Å². The Balaban J connectivity index is 3.00. The van der Waals surface area contributed by atoms with E-state index in [2.05, 4.69) is 12.2 Å². The van der Waals surface area contributed by atoms with Crippen LogP contribution in [0.15, 0.2) is 12.1 Å². The highest BCUT2D eigenvalue weighted by molar-refractivity contribution is 6.32. The van der Waals surface area contributed by atoms with Crippen molar-refractivity contribution in [1.29, 1.82) is 0 Å². The number of halogens is 1. The van der Waals surface area contributed by atoms with Gasteiger partial charge in [-0.15, -0.1) is 0 Å². The fraction of sp³-hybridized carbons (Fsp3) is 0.562. The zero-order chi connectivity index (χ0) is 16.5. The lowest BCUT2D eigenvalue weighted by Gasteiger charge is -2.16. The van der Waals surface area contributed by atoms with Gasteiger partial charge in [0.15, 0.2) is 11.5 Å². The van der Waals surface area contributed by atoms with Gasteiger partial charge in [-0.05, 0) is 32.4 Å². The van der Waals surface area contributed by atoms with Gasteiger partial charge in [0.2, 0.25) is 0 Å². The summed E-state index contributed by atoms with van der Waals surface area (Å²) in [6, 6.07) is 3.13. The first-order valence-corrected chi connectivity index (χ1v) is 8.01. The molecule has 1 rings (SSSR count). The molecule has 6 heteroatoms. The molecule has 0 bridgehead atoms. The highest BCUT2D eigenvalue weighted by Gasteiger charge is 2.17. The zero-order valence-corrected chi connectivity index (χ0v) is 14.2. The van der Waals surface area contributed by atoms with Crippen LogP contribution in [0.2, 0.25) is 5.02 Å². The molecule has 124 valence electrons. The number of amides is 1. The van der Waals surface area contributed by atoms with E-state index in [4.69, 9.17) is 26.8 Å². The van der Waals surface area contributed by atoms with E-state index in [0.717, 1.165) is 12.8 Å². The minimum atomic E-state index is -0.235. The number of nitrogens with one attached hydrogen (secondary N) is 1. The van der Waals surface area contributed by atoms with E-state index < -0.39 is 0 Å². The van der Waals surface area contributed by atoms with Crippen molar-refractivity contribution in [1.82, 2.24) is 5.32 Å². The molecule has 0 heterocycles. The Morgan fingerprint density at radius 1 is 1.36 bits per heavy atom. The molecular formula is C16H25ClN2O3. The van der Waals surface area contributed by atoms with Crippen molar-refractivity contribution in [3.63, 3.8) is 0 Å². The molecular weight excluding hydrogens is 304 g/mol. The molecule has 22 heavy (non-hydrogen) atoms. The van der Waals surface area contributed by atoms with E-state index in [-0.39, 0.29) is 11.9 Å². The Labute approximate surface area is 137 Å². The average molecular weight is 329 g/mol. The second kappa shape index (κ2) is 9.54. The molecule has 1 aromatic carbocycles. The van der Waals surface area contributed by atoms with Crippen LogP contribution in [-0.2, 0) is 0 Å². The number of benzene rings is 1. The smallest absolute Gasteiger partial charge is 0.251 e. The van der Waals surface area contributed by atoms with Gasteiger partial charge in [-0.3, -0.25) is 4.79 Å². The molecule has 0 aliphatic rings. The minimum Gasteiger partial charge on any atom is -0.490 e. The van der Waals surface area contributed by atoms with Crippen LogP contribution in [0.1, 0.15) is 44.0 Å². The molecule has 0 saturated heterocycles. The Bertz CT molecular complexity index is 495. The maximum atomic E-state index is 12.2. The molecule has 0 aliphatic heterocycles. The van der Waals surface area contributed by atoms with Gasteiger partial charge in [-0.1, -0.05) is 24.9 Å². The van der Waals surface area contributed by atoms with Gasteiger partial charge in [-0.2, -0.15) is 0 Å². The van der Waals surface area contributed by atoms with Crippen molar-refractivity contribution < 1.29 is 14.3 Å². The van der Waals surface area contributed by atoms with Gasteiger partial charge in [0.1, 0.15) is 0 Å². The number of hydrogen-bond acceptors (Lipinski definition) is 4. The van der Waals surface area contributed by atoms with Gasteiger partial charge in [0, 0.05) is 18.2 Å². The summed E-state index contributed by atoms with van der Waals surface area (Å²) in [6.07, 6.45) is 1.96. The Kier molecular flexibility index (Phi) is 8.06. The van der Waals surface area contributed by atoms with E-state index >= 15 is 0 Å². The summed E-state index contributed by atoms with van der Waals surface area (Å²) >= 11 is 6.25.